The Balaban J connectivity index is 0.000000384. The molecule has 2 N–H and O–H groups in total. The van der Waals surface area contributed by atoms with Gasteiger partial charge in [0.2, 0.25) is 0 Å². The smallest absolute Gasteiger partial charge is 0.489 e. The van der Waals surface area contributed by atoms with Crippen LogP contribution in [0.1, 0.15) is 44.9 Å². The molecule has 3 saturated heterocycles. The number of anilines is 1. The van der Waals surface area contributed by atoms with Crippen LogP contribution in [0.25, 0.3) is 11.1 Å². The molecule has 2 bridgehead atoms. The normalized spacial score (nSPS) is 23.9. The fourth-order valence-corrected chi connectivity index (χ4v) is 5.38. The van der Waals surface area contributed by atoms with Crippen molar-refractivity contribution >= 4 is 11.7 Å². The molecule has 4 aliphatic rings. The number of carboxylic acids is 1. The number of alkyl halides is 3. The lowest BCUT2D eigenvalue weighted by Crippen LogP contribution is -2.52. The summed E-state index contributed by atoms with van der Waals surface area (Å²) in [6.45, 7) is 4.73. The standard InChI is InChI=1S/C26H34N2O.C2HF3O2/c1-2-4-20(5-3-1)18-27-24-10-6-21(7-11-24)22-8-12-25(13-9-22)29-26-19-28-16-14-23(26)15-17-28;3-2(4,5)1(6)7/h6-13,20,23,26-27H,1-5,14-19H2;(H,6,7). The van der Waals surface area contributed by atoms with Crippen molar-refractivity contribution in [2.24, 2.45) is 11.8 Å². The lowest BCUT2D eigenvalue weighted by molar-refractivity contribution is -0.192. The van der Waals surface area contributed by atoms with E-state index in [0.717, 1.165) is 30.7 Å². The number of carbonyl (C=O) groups is 1. The molecular weight excluding hydrogens is 469 g/mol. The molecule has 1 aliphatic carbocycles. The average molecular weight is 505 g/mol. The molecule has 8 heteroatoms. The average Bonchev–Trinajstić information content (AvgIpc) is 2.89. The molecule has 4 fully saturated rings. The summed E-state index contributed by atoms with van der Waals surface area (Å²) in [5, 5.41) is 10.8. The molecule has 1 atom stereocenters. The van der Waals surface area contributed by atoms with Gasteiger partial charge in [-0.25, -0.2) is 4.79 Å². The number of ether oxygens (including phenoxy) is 1. The molecule has 0 radical (unpaired) electrons. The molecule has 3 heterocycles. The second-order valence-electron chi connectivity index (χ2n) is 10.1. The monoisotopic (exact) mass is 504 g/mol. The van der Waals surface area contributed by atoms with E-state index in [1.165, 1.54) is 74.8 Å². The third kappa shape index (κ3) is 7.38. The number of fused-ring (bicyclic) bond motifs is 3. The van der Waals surface area contributed by atoms with Gasteiger partial charge in [-0.05, 0) is 86.0 Å². The quantitative estimate of drug-likeness (QED) is 0.473. The first kappa shape index (κ1) is 26.3. The van der Waals surface area contributed by atoms with Crippen LogP contribution in [0.5, 0.6) is 5.75 Å². The zero-order valence-corrected chi connectivity index (χ0v) is 20.5. The van der Waals surface area contributed by atoms with Crippen molar-refractivity contribution < 1.29 is 27.8 Å². The van der Waals surface area contributed by atoms with Crippen LogP contribution in [0.3, 0.4) is 0 Å². The summed E-state index contributed by atoms with van der Waals surface area (Å²) >= 11 is 0. The summed E-state index contributed by atoms with van der Waals surface area (Å²) in [4.78, 5) is 11.4. The topological polar surface area (TPSA) is 61.8 Å². The highest BCUT2D eigenvalue weighted by atomic mass is 19.4. The first-order valence-corrected chi connectivity index (χ1v) is 12.9. The van der Waals surface area contributed by atoms with Gasteiger partial charge in [0, 0.05) is 18.8 Å². The highest BCUT2D eigenvalue weighted by Gasteiger charge is 2.38. The number of piperidine rings is 3. The third-order valence-corrected chi connectivity index (χ3v) is 7.52. The Kier molecular flexibility index (Phi) is 8.77. The van der Waals surface area contributed by atoms with Crippen LogP contribution in [0.15, 0.2) is 48.5 Å². The van der Waals surface area contributed by atoms with Crippen molar-refractivity contribution in [2.75, 3.05) is 31.5 Å². The number of aliphatic carboxylic acids is 1. The molecule has 6 rings (SSSR count). The van der Waals surface area contributed by atoms with E-state index in [1.54, 1.807) is 0 Å². The summed E-state index contributed by atoms with van der Waals surface area (Å²) < 4.78 is 38.1. The van der Waals surface area contributed by atoms with E-state index in [0.29, 0.717) is 6.10 Å². The summed E-state index contributed by atoms with van der Waals surface area (Å²) in [5.74, 6) is -0.147. The van der Waals surface area contributed by atoms with Gasteiger partial charge in [-0.15, -0.1) is 0 Å². The minimum atomic E-state index is -5.08. The summed E-state index contributed by atoms with van der Waals surface area (Å²) in [6.07, 6.45) is 4.90. The van der Waals surface area contributed by atoms with Gasteiger partial charge in [-0.1, -0.05) is 43.5 Å². The number of carboxylic acid groups (broad SMARTS) is 1. The molecule has 196 valence electrons. The fraction of sp³-hybridized carbons (Fsp3) is 0.536. The Morgan fingerprint density at radius 1 is 0.917 bits per heavy atom. The molecule has 5 nitrogen and oxygen atoms in total. The zero-order valence-electron chi connectivity index (χ0n) is 20.5. The van der Waals surface area contributed by atoms with Crippen molar-refractivity contribution in [3.8, 4) is 16.9 Å². The number of hydrogen-bond acceptors (Lipinski definition) is 4. The molecule has 1 unspecified atom stereocenters. The van der Waals surface area contributed by atoms with Crippen LogP contribution in [0.2, 0.25) is 0 Å². The Labute approximate surface area is 210 Å². The Morgan fingerprint density at radius 2 is 1.47 bits per heavy atom. The van der Waals surface area contributed by atoms with Crippen molar-refractivity contribution in [2.45, 2.75) is 57.2 Å². The number of hydrogen-bond donors (Lipinski definition) is 2. The van der Waals surface area contributed by atoms with E-state index >= 15 is 0 Å². The summed E-state index contributed by atoms with van der Waals surface area (Å²) in [7, 11) is 0. The maximum Gasteiger partial charge on any atom is 0.490 e. The number of halogens is 3. The summed E-state index contributed by atoms with van der Waals surface area (Å²) in [5.41, 5.74) is 3.76. The van der Waals surface area contributed by atoms with Crippen LogP contribution in [-0.4, -0.2) is 54.4 Å². The van der Waals surface area contributed by atoms with E-state index in [-0.39, 0.29) is 0 Å². The Morgan fingerprint density at radius 3 is 1.97 bits per heavy atom. The zero-order chi connectivity index (χ0) is 25.5. The van der Waals surface area contributed by atoms with Gasteiger partial charge in [0.25, 0.3) is 0 Å². The van der Waals surface area contributed by atoms with E-state index in [4.69, 9.17) is 14.6 Å². The van der Waals surface area contributed by atoms with Gasteiger partial charge < -0.3 is 15.2 Å². The molecule has 0 amide bonds. The van der Waals surface area contributed by atoms with E-state index in [1.807, 2.05) is 0 Å². The first-order valence-electron chi connectivity index (χ1n) is 12.9. The minimum absolute atomic E-state index is 0.373. The van der Waals surface area contributed by atoms with Gasteiger partial charge in [0.05, 0.1) is 0 Å². The van der Waals surface area contributed by atoms with Gasteiger partial charge in [-0.3, -0.25) is 4.90 Å². The van der Waals surface area contributed by atoms with Gasteiger partial charge in [0.1, 0.15) is 11.9 Å². The number of nitrogens with one attached hydrogen (secondary N) is 1. The molecular formula is C28H35F3N2O3. The van der Waals surface area contributed by atoms with Crippen LogP contribution in [0.4, 0.5) is 18.9 Å². The van der Waals surface area contributed by atoms with Crippen LogP contribution < -0.4 is 10.1 Å². The lowest BCUT2D eigenvalue weighted by Gasteiger charge is -2.44. The molecule has 2 aromatic carbocycles. The van der Waals surface area contributed by atoms with Crippen molar-refractivity contribution in [3.05, 3.63) is 48.5 Å². The van der Waals surface area contributed by atoms with Crippen molar-refractivity contribution in [1.82, 2.24) is 4.90 Å². The van der Waals surface area contributed by atoms with Crippen LogP contribution in [-0.2, 0) is 4.79 Å². The molecule has 0 spiro atoms. The molecule has 3 aliphatic heterocycles. The third-order valence-electron chi connectivity index (χ3n) is 7.52. The highest BCUT2D eigenvalue weighted by Crippen LogP contribution is 2.32. The van der Waals surface area contributed by atoms with Crippen LogP contribution >= 0.6 is 0 Å². The van der Waals surface area contributed by atoms with E-state index < -0.39 is 12.1 Å². The summed E-state index contributed by atoms with van der Waals surface area (Å²) in [6, 6.07) is 17.6. The Hall–Kier alpha value is -2.74. The minimum Gasteiger partial charge on any atom is -0.489 e. The molecule has 2 aromatic rings. The van der Waals surface area contributed by atoms with E-state index in [2.05, 4.69) is 58.7 Å². The first-order chi connectivity index (χ1) is 17.3. The highest BCUT2D eigenvalue weighted by molar-refractivity contribution is 5.73. The van der Waals surface area contributed by atoms with E-state index in [9.17, 15) is 13.2 Å². The number of nitrogens with zero attached hydrogens (tertiary/aromatic N) is 1. The fourth-order valence-electron chi connectivity index (χ4n) is 5.38. The van der Waals surface area contributed by atoms with Crippen molar-refractivity contribution in [3.63, 3.8) is 0 Å². The van der Waals surface area contributed by atoms with Gasteiger partial charge in [0.15, 0.2) is 0 Å². The lowest BCUT2D eigenvalue weighted by atomic mass is 9.86. The second kappa shape index (κ2) is 12.0. The van der Waals surface area contributed by atoms with Gasteiger partial charge >= 0.3 is 12.1 Å². The molecule has 0 aromatic heterocycles. The van der Waals surface area contributed by atoms with Gasteiger partial charge in [-0.2, -0.15) is 13.2 Å². The molecule has 36 heavy (non-hydrogen) atoms. The molecule has 1 saturated carbocycles. The largest absolute Gasteiger partial charge is 0.490 e. The number of rotatable bonds is 6. The van der Waals surface area contributed by atoms with Crippen LogP contribution in [0, 0.1) is 11.8 Å². The number of benzene rings is 2. The predicted molar refractivity (Wildman–Crippen MR) is 134 cm³/mol. The predicted octanol–water partition coefficient (Wildman–Crippen LogP) is 6.45. The second-order valence-corrected chi connectivity index (χ2v) is 10.1. The van der Waals surface area contributed by atoms with Crippen molar-refractivity contribution in [1.29, 1.82) is 0 Å². The maximum absolute atomic E-state index is 10.6. The Bertz CT molecular complexity index is 965. The maximum atomic E-state index is 10.6. The SMILES string of the molecule is O=C(O)C(F)(F)F.c1cc(-c2ccc(OC3CN4CCC3CC4)cc2)ccc1NCC1CCCCC1.